The smallest absolute Gasteiger partial charge is 0.251 e. The van der Waals surface area contributed by atoms with Gasteiger partial charge in [0.05, 0.1) is 12.2 Å². The Morgan fingerprint density at radius 1 is 1.16 bits per heavy atom. The molecule has 4 rings (SSSR count). The maximum atomic E-state index is 12.8. The van der Waals surface area contributed by atoms with Gasteiger partial charge in [-0.3, -0.25) is 14.4 Å². The minimum Gasteiger partial charge on any atom is -0.361 e. The highest BCUT2D eigenvalue weighted by atomic mass is 16.5. The number of amides is 3. The first-order valence-electron chi connectivity index (χ1n) is 10.8. The van der Waals surface area contributed by atoms with Crippen molar-refractivity contribution >= 4 is 23.4 Å². The zero-order valence-corrected chi connectivity index (χ0v) is 18.0. The van der Waals surface area contributed by atoms with E-state index in [1.807, 2.05) is 24.8 Å². The van der Waals surface area contributed by atoms with Crippen molar-refractivity contribution in [2.45, 2.75) is 58.5 Å². The SMILES string of the molecule is Cc1noc(C)c1CN1CCC(NC(=O)c2cccc(N3CCCC3=O)c2)CCC1=O. The minimum atomic E-state index is -0.176. The molecule has 31 heavy (non-hydrogen) atoms. The van der Waals surface area contributed by atoms with Crippen molar-refractivity contribution < 1.29 is 18.9 Å². The van der Waals surface area contributed by atoms with E-state index in [1.165, 1.54) is 0 Å². The van der Waals surface area contributed by atoms with Gasteiger partial charge in [0.1, 0.15) is 5.76 Å². The van der Waals surface area contributed by atoms with Gasteiger partial charge in [0.25, 0.3) is 5.91 Å². The lowest BCUT2D eigenvalue weighted by Crippen LogP contribution is -2.36. The van der Waals surface area contributed by atoms with Gasteiger partial charge in [0.15, 0.2) is 0 Å². The molecule has 0 spiro atoms. The number of aryl methyl sites for hydroxylation is 2. The largest absolute Gasteiger partial charge is 0.361 e. The van der Waals surface area contributed by atoms with Crippen LogP contribution in [0.15, 0.2) is 28.8 Å². The molecule has 3 heterocycles. The fourth-order valence-corrected chi connectivity index (χ4v) is 4.27. The summed E-state index contributed by atoms with van der Waals surface area (Å²) in [7, 11) is 0. The number of aromatic nitrogens is 1. The Morgan fingerprint density at radius 3 is 2.71 bits per heavy atom. The van der Waals surface area contributed by atoms with Crippen molar-refractivity contribution in [2.24, 2.45) is 0 Å². The molecule has 2 fully saturated rings. The van der Waals surface area contributed by atoms with E-state index in [1.54, 1.807) is 23.1 Å². The van der Waals surface area contributed by atoms with Crippen LogP contribution in [0.1, 0.15) is 59.5 Å². The molecule has 1 N–H and O–H groups in total. The second-order valence-corrected chi connectivity index (χ2v) is 8.32. The molecule has 1 atom stereocenters. The van der Waals surface area contributed by atoms with Crippen molar-refractivity contribution in [3.63, 3.8) is 0 Å². The lowest BCUT2D eigenvalue weighted by molar-refractivity contribution is -0.131. The number of rotatable bonds is 5. The number of nitrogens with zero attached hydrogens (tertiary/aromatic N) is 3. The van der Waals surface area contributed by atoms with Crippen molar-refractivity contribution in [3.05, 3.63) is 46.8 Å². The fraction of sp³-hybridized carbons (Fsp3) is 0.478. The number of likely N-dealkylation sites (tertiary alicyclic amines) is 1. The van der Waals surface area contributed by atoms with Gasteiger partial charge >= 0.3 is 0 Å². The van der Waals surface area contributed by atoms with Gasteiger partial charge in [-0.15, -0.1) is 0 Å². The second kappa shape index (κ2) is 8.91. The predicted octanol–water partition coefficient (Wildman–Crippen LogP) is 2.73. The lowest BCUT2D eigenvalue weighted by Gasteiger charge is -2.21. The number of carbonyl (C=O) groups excluding carboxylic acids is 3. The molecule has 1 unspecified atom stereocenters. The maximum absolute atomic E-state index is 12.8. The molecular formula is C23H28N4O4. The summed E-state index contributed by atoms with van der Waals surface area (Å²) in [5, 5.41) is 7.04. The van der Waals surface area contributed by atoms with E-state index in [4.69, 9.17) is 4.52 Å². The first-order valence-corrected chi connectivity index (χ1v) is 10.8. The molecule has 2 saturated heterocycles. The van der Waals surface area contributed by atoms with Crippen LogP contribution in [0.5, 0.6) is 0 Å². The predicted molar refractivity (Wildman–Crippen MR) is 115 cm³/mol. The van der Waals surface area contributed by atoms with Gasteiger partial charge in [-0.1, -0.05) is 11.2 Å². The third-order valence-electron chi connectivity index (χ3n) is 6.17. The topological polar surface area (TPSA) is 95.8 Å². The number of nitrogens with one attached hydrogen (secondary N) is 1. The zero-order valence-electron chi connectivity index (χ0n) is 18.0. The van der Waals surface area contributed by atoms with E-state index in [0.717, 1.165) is 29.1 Å². The van der Waals surface area contributed by atoms with Crippen LogP contribution in [-0.2, 0) is 16.1 Å². The van der Waals surface area contributed by atoms with E-state index >= 15 is 0 Å². The van der Waals surface area contributed by atoms with Crippen molar-refractivity contribution in [1.29, 1.82) is 0 Å². The summed E-state index contributed by atoms with van der Waals surface area (Å²) in [6, 6.07) is 7.10. The van der Waals surface area contributed by atoms with Crippen LogP contribution < -0.4 is 10.2 Å². The first kappa shape index (κ1) is 21.1. The average molecular weight is 425 g/mol. The van der Waals surface area contributed by atoms with E-state index in [2.05, 4.69) is 10.5 Å². The van der Waals surface area contributed by atoms with Crippen molar-refractivity contribution in [2.75, 3.05) is 18.0 Å². The monoisotopic (exact) mass is 424 g/mol. The summed E-state index contributed by atoms with van der Waals surface area (Å²) in [5.41, 5.74) is 3.04. The number of hydrogen-bond acceptors (Lipinski definition) is 5. The molecular weight excluding hydrogens is 396 g/mol. The van der Waals surface area contributed by atoms with Crippen molar-refractivity contribution in [3.8, 4) is 0 Å². The van der Waals surface area contributed by atoms with E-state index < -0.39 is 0 Å². The van der Waals surface area contributed by atoms with Crippen LogP contribution in [-0.4, -0.2) is 46.9 Å². The van der Waals surface area contributed by atoms with Gasteiger partial charge in [0, 0.05) is 48.8 Å². The lowest BCUT2D eigenvalue weighted by atomic mass is 10.1. The Kier molecular flexibility index (Phi) is 6.06. The van der Waals surface area contributed by atoms with Crippen LogP contribution in [0, 0.1) is 13.8 Å². The van der Waals surface area contributed by atoms with Crippen LogP contribution in [0.25, 0.3) is 0 Å². The summed E-state index contributed by atoms with van der Waals surface area (Å²) in [6.07, 6.45) is 3.07. The molecule has 3 amide bonds. The maximum Gasteiger partial charge on any atom is 0.251 e. The molecule has 0 saturated carbocycles. The average Bonchev–Trinajstić information content (AvgIpc) is 3.28. The van der Waals surface area contributed by atoms with Crippen molar-refractivity contribution in [1.82, 2.24) is 15.4 Å². The quantitative estimate of drug-likeness (QED) is 0.796. The normalized spacial score (nSPS) is 19.6. The molecule has 2 aromatic rings. The Morgan fingerprint density at radius 2 is 2.00 bits per heavy atom. The molecule has 1 aromatic carbocycles. The minimum absolute atomic E-state index is 0.0753. The summed E-state index contributed by atoms with van der Waals surface area (Å²) < 4.78 is 5.21. The summed E-state index contributed by atoms with van der Waals surface area (Å²) in [6.45, 7) is 5.46. The molecule has 0 aliphatic carbocycles. The molecule has 1 aromatic heterocycles. The molecule has 2 aliphatic heterocycles. The molecule has 2 aliphatic rings. The van der Waals surface area contributed by atoms with E-state index in [0.29, 0.717) is 50.9 Å². The number of benzene rings is 1. The number of hydrogen-bond donors (Lipinski definition) is 1. The molecule has 164 valence electrons. The summed E-state index contributed by atoms with van der Waals surface area (Å²) in [4.78, 5) is 41.0. The summed E-state index contributed by atoms with van der Waals surface area (Å²) in [5.74, 6) is 0.727. The Balaban J connectivity index is 1.38. The van der Waals surface area contributed by atoms with Crippen LogP contribution in [0.2, 0.25) is 0 Å². The standard InChI is InChI=1S/C23H28N4O4/c1-15-20(16(2)31-25-15)14-26-12-10-18(8-9-21(26)28)24-23(30)17-5-3-6-19(13-17)27-11-4-7-22(27)29/h3,5-6,13,18H,4,7-12,14H2,1-2H3,(H,24,30). The number of anilines is 1. The van der Waals surface area contributed by atoms with E-state index in [9.17, 15) is 14.4 Å². The van der Waals surface area contributed by atoms with Gasteiger partial charge in [-0.2, -0.15) is 0 Å². The highest BCUT2D eigenvalue weighted by Gasteiger charge is 2.26. The highest BCUT2D eigenvalue weighted by Crippen LogP contribution is 2.23. The first-order chi connectivity index (χ1) is 14.9. The molecule has 8 heteroatoms. The van der Waals surface area contributed by atoms with E-state index in [-0.39, 0.29) is 23.8 Å². The van der Waals surface area contributed by atoms with Gasteiger partial charge in [-0.25, -0.2) is 0 Å². The summed E-state index contributed by atoms with van der Waals surface area (Å²) >= 11 is 0. The molecule has 0 radical (unpaired) electrons. The van der Waals surface area contributed by atoms with Gasteiger partial charge < -0.3 is 19.6 Å². The van der Waals surface area contributed by atoms with Gasteiger partial charge in [0.2, 0.25) is 11.8 Å². The fourth-order valence-electron chi connectivity index (χ4n) is 4.27. The Bertz CT molecular complexity index is 980. The third kappa shape index (κ3) is 4.62. The van der Waals surface area contributed by atoms with Crippen LogP contribution >= 0.6 is 0 Å². The van der Waals surface area contributed by atoms with Crippen LogP contribution in [0.4, 0.5) is 5.69 Å². The molecule has 0 bridgehead atoms. The molecule has 8 nitrogen and oxygen atoms in total. The third-order valence-corrected chi connectivity index (χ3v) is 6.17. The number of carbonyl (C=O) groups is 3. The van der Waals surface area contributed by atoms with Crippen LogP contribution in [0.3, 0.4) is 0 Å². The Hall–Kier alpha value is -3.16. The highest BCUT2D eigenvalue weighted by molar-refractivity contribution is 5.99. The Labute approximate surface area is 181 Å². The van der Waals surface area contributed by atoms with Gasteiger partial charge in [-0.05, 0) is 51.3 Å². The zero-order chi connectivity index (χ0) is 22.0. The second-order valence-electron chi connectivity index (χ2n) is 8.32.